The molecule has 1 heterocycles. The van der Waals surface area contributed by atoms with Gasteiger partial charge in [0.1, 0.15) is 6.04 Å². The van der Waals surface area contributed by atoms with Crippen LogP contribution in [-0.2, 0) is 19.6 Å². The Morgan fingerprint density at radius 3 is 2.07 bits per heavy atom. The Hall–Kier alpha value is -2.88. The van der Waals surface area contributed by atoms with Crippen molar-refractivity contribution in [2.75, 3.05) is 0 Å². The zero-order valence-corrected chi connectivity index (χ0v) is 25.5. The van der Waals surface area contributed by atoms with E-state index in [1.165, 1.54) is 28.6 Å². The molecule has 0 fully saturated rings. The highest BCUT2D eigenvalue weighted by molar-refractivity contribution is 7.89. The fourth-order valence-corrected chi connectivity index (χ4v) is 7.28. The van der Waals surface area contributed by atoms with E-state index in [4.69, 9.17) is 40.5 Å². The van der Waals surface area contributed by atoms with Crippen molar-refractivity contribution < 1.29 is 18.0 Å². The molecule has 0 saturated carbocycles. The van der Waals surface area contributed by atoms with Gasteiger partial charge in [0, 0.05) is 20.6 Å². The summed E-state index contributed by atoms with van der Waals surface area (Å²) in [6.07, 6.45) is 2.19. The molecule has 4 rings (SSSR count). The minimum absolute atomic E-state index is 0.00238. The molecular weight excluding hydrogens is 605 g/mol. The van der Waals surface area contributed by atoms with Gasteiger partial charge in [0.15, 0.2) is 0 Å². The molecule has 1 aliphatic heterocycles. The Kier molecular flexibility index (Phi) is 9.82. The van der Waals surface area contributed by atoms with Crippen LogP contribution in [0.5, 0.6) is 0 Å². The standard InChI is InChI=1S/C30H30Cl3N3O4S/c1-18(2)15-26(29(34)37)35-30(38)25-13-14-27(19-5-3-7-22(32)16-19)36(28(25)20-6-4-8-23(33)17-20)41(39,40)24-11-9-21(31)10-12-24/h3-13,16-18,26-28H,14-15H2,1-2H3,(H2,34,37)(H,35,38)/t26-,27-,28?/m0/s1. The van der Waals surface area contributed by atoms with Crippen molar-refractivity contribution in [1.82, 2.24) is 9.62 Å². The Morgan fingerprint density at radius 2 is 1.51 bits per heavy atom. The van der Waals surface area contributed by atoms with Crippen LogP contribution in [-0.4, -0.2) is 30.6 Å². The number of nitrogens with zero attached hydrogens (tertiary/aromatic N) is 1. The maximum atomic E-state index is 14.5. The van der Waals surface area contributed by atoms with E-state index in [0.29, 0.717) is 32.6 Å². The van der Waals surface area contributed by atoms with Gasteiger partial charge < -0.3 is 11.1 Å². The number of hydrogen-bond acceptors (Lipinski definition) is 4. The average Bonchev–Trinajstić information content (AvgIpc) is 2.91. The topological polar surface area (TPSA) is 110 Å². The second-order valence-electron chi connectivity index (χ2n) is 10.3. The van der Waals surface area contributed by atoms with E-state index in [0.717, 1.165) is 0 Å². The van der Waals surface area contributed by atoms with Crippen LogP contribution < -0.4 is 11.1 Å². The van der Waals surface area contributed by atoms with Crippen molar-refractivity contribution >= 4 is 56.6 Å². The lowest BCUT2D eigenvalue weighted by molar-refractivity contribution is -0.126. The van der Waals surface area contributed by atoms with Crippen molar-refractivity contribution in [3.05, 3.63) is 111 Å². The molecule has 7 nitrogen and oxygen atoms in total. The average molecular weight is 635 g/mol. The van der Waals surface area contributed by atoms with E-state index in [1.54, 1.807) is 54.6 Å². The number of benzene rings is 3. The molecule has 2 amide bonds. The van der Waals surface area contributed by atoms with E-state index in [2.05, 4.69) is 5.32 Å². The van der Waals surface area contributed by atoms with Crippen LogP contribution in [0.3, 0.4) is 0 Å². The first-order valence-corrected chi connectivity index (χ1v) is 15.6. The molecule has 0 aliphatic carbocycles. The molecule has 3 aromatic carbocycles. The molecule has 41 heavy (non-hydrogen) atoms. The van der Waals surface area contributed by atoms with Crippen molar-refractivity contribution in [3.63, 3.8) is 0 Å². The summed E-state index contributed by atoms with van der Waals surface area (Å²) in [7, 11) is -4.25. The highest BCUT2D eigenvalue weighted by atomic mass is 35.5. The number of halogens is 3. The molecular formula is C30H30Cl3N3O4S. The van der Waals surface area contributed by atoms with Gasteiger partial charge in [-0.3, -0.25) is 9.59 Å². The van der Waals surface area contributed by atoms with Gasteiger partial charge in [0.2, 0.25) is 21.8 Å². The normalized spacial score (nSPS) is 18.5. The van der Waals surface area contributed by atoms with Crippen molar-refractivity contribution in [2.45, 2.75) is 49.7 Å². The third-order valence-electron chi connectivity index (χ3n) is 6.82. The smallest absolute Gasteiger partial charge is 0.249 e. The number of sulfonamides is 1. The van der Waals surface area contributed by atoms with Crippen molar-refractivity contribution in [2.24, 2.45) is 11.7 Å². The van der Waals surface area contributed by atoms with Crippen molar-refractivity contribution in [1.29, 1.82) is 0 Å². The minimum Gasteiger partial charge on any atom is -0.368 e. The molecule has 1 aliphatic rings. The Labute approximate surface area is 255 Å². The summed E-state index contributed by atoms with van der Waals surface area (Å²) in [6.45, 7) is 3.82. The fraction of sp³-hybridized carbons (Fsp3) is 0.267. The monoisotopic (exact) mass is 633 g/mol. The highest BCUT2D eigenvalue weighted by Crippen LogP contribution is 2.46. The molecule has 3 aromatic rings. The molecule has 3 atom stereocenters. The number of amides is 2. The maximum absolute atomic E-state index is 14.5. The van der Waals surface area contributed by atoms with Crippen LogP contribution in [0.1, 0.15) is 49.9 Å². The highest BCUT2D eigenvalue weighted by Gasteiger charge is 2.45. The number of nitrogens with one attached hydrogen (secondary N) is 1. The summed E-state index contributed by atoms with van der Waals surface area (Å²) in [5, 5.41) is 3.93. The second-order valence-corrected chi connectivity index (χ2v) is 13.4. The Morgan fingerprint density at radius 1 is 0.927 bits per heavy atom. The molecule has 0 radical (unpaired) electrons. The molecule has 0 bridgehead atoms. The first-order chi connectivity index (χ1) is 19.4. The third kappa shape index (κ3) is 7.13. The summed E-state index contributed by atoms with van der Waals surface area (Å²) in [5.74, 6) is -1.20. The predicted molar refractivity (Wildman–Crippen MR) is 162 cm³/mol. The van der Waals surface area contributed by atoms with E-state index < -0.39 is 40.0 Å². The third-order valence-corrected chi connectivity index (χ3v) is 9.43. The molecule has 216 valence electrons. The molecule has 11 heteroatoms. The van der Waals surface area contributed by atoms with E-state index in [1.807, 2.05) is 13.8 Å². The fourth-order valence-electron chi connectivity index (χ4n) is 4.98. The number of primary amides is 1. The van der Waals surface area contributed by atoms with E-state index >= 15 is 0 Å². The summed E-state index contributed by atoms with van der Waals surface area (Å²) in [4.78, 5) is 26.0. The number of hydrogen-bond donors (Lipinski definition) is 2. The quantitative estimate of drug-likeness (QED) is 0.281. The van der Waals surface area contributed by atoms with Crippen LogP contribution in [0, 0.1) is 5.92 Å². The zero-order valence-electron chi connectivity index (χ0n) is 22.4. The molecule has 3 N–H and O–H groups in total. The van der Waals surface area contributed by atoms with Gasteiger partial charge in [-0.15, -0.1) is 0 Å². The molecule has 0 saturated heterocycles. The Balaban J connectivity index is 1.93. The van der Waals surface area contributed by atoms with Gasteiger partial charge in [-0.2, -0.15) is 4.31 Å². The van der Waals surface area contributed by atoms with Crippen molar-refractivity contribution in [3.8, 4) is 0 Å². The van der Waals surface area contributed by atoms with Crippen LogP contribution in [0.4, 0.5) is 0 Å². The number of carbonyl (C=O) groups is 2. The van der Waals surface area contributed by atoms with Gasteiger partial charge >= 0.3 is 0 Å². The van der Waals surface area contributed by atoms with Gasteiger partial charge in [0.05, 0.1) is 17.0 Å². The number of carbonyl (C=O) groups excluding carboxylic acids is 2. The maximum Gasteiger partial charge on any atom is 0.249 e. The number of nitrogens with two attached hydrogens (primary N) is 1. The first-order valence-electron chi connectivity index (χ1n) is 13.0. The molecule has 0 spiro atoms. The predicted octanol–water partition coefficient (Wildman–Crippen LogP) is 6.47. The molecule has 1 unspecified atom stereocenters. The zero-order chi connectivity index (χ0) is 29.9. The number of rotatable bonds is 9. The van der Waals surface area contributed by atoms with Crippen LogP contribution in [0.2, 0.25) is 15.1 Å². The SMILES string of the molecule is CC(C)C[C@H](NC(=O)C1=CC[C@@H](c2cccc(Cl)c2)N(S(=O)(=O)c2ccc(Cl)cc2)C1c1cccc(Cl)c1)C(N)=O. The van der Waals surface area contributed by atoms with Gasteiger partial charge in [-0.1, -0.05) is 79.0 Å². The van der Waals surface area contributed by atoms with Gasteiger partial charge in [-0.05, 0) is 78.4 Å². The lowest BCUT2D eigenvalue weighted by atomic mass is 9.88. The Bertz CT molecular complexity index is 1580. The van der Waals surface area contributed by atoms with E-state index in [-0.39, 0.29) is 22.8 Å². The first kappa shape index (κ1) is 31.1. The summed E-state index contributed by atoms with van der Waals surface area (Å²) in [6, 6.07) is 16.7. The second kappa shape index (κ2) is 13.0. The summed E-state index contributed by atoms with van der Waals surface area (Å²) >= 11 is 18.8. The van der Waals surface area contributed by atoms with E-state index in [9.17, 15) is 18.0 Å². The van der Waals surface area contributed by atoms with Crippen LogP contribution in [0.15, 0.2) is 89.3 Å². The summed E-state index contributed by atoms with van der Waals surface area (Å²) < 4.78 is 30.2. The molecule has 0 aromatic heterocycles. The van der Waals surface area contributed by atoms with Gasteiger partial charge in [-0.25, -0.2) is 8.42 Å². The lowest BCUT2D eigenvalue weighted by Crippen LogP contribution is -2.49. The van der Waals surface area contributed by atoms with Crippen LogP contribution >= 0.6 is 34.8 Å². The largest absolute Gasteiger partial charge is 0.368 e. The minimum atomic E-state index is -4.25. The van der Waals surface area contributed by atoms with Gasteiger partial charge in [0.25, 0.3) is 0 Å². The van der Waals surface area contributed by atoms with Crippen LogP contribution in [0.25, 0.3) is 0 Å². The summed E-state index contributed by atoms with van der Waals surface area (Å²) in [5.41, 5.74) is 6.88. The lowest BCUT2D eigenvalue weighted by Gasteiger charge is -2.41.